The van der Waals surface area contributed by atoms with Crippen molar-refractivity contribution in [1.82, 2.24) is 19.9 Å². The van der Waals surface area contributed by atoms with Crippen LogP contribution in [0, 0.1) is 13.8 Å². The summed E-state index contributed by atoms with van der Waals surface area (Å²) in [5.41, 5.74) is 16.1. The molecule has 0 saturated heterocycles. The lowest BCUT2D eigenvalue weighted by atomic mass is 9.93. The molecule has 4 heteroatoms. The van der Waals surface area contributed by atoms with E-state index in [1.807, 2.05) is 6.08 Å². The first-order valence-corrected chi connectivity index (χ1v) is 12.3. The van der Waals surface area contributed by atoms with Crippen LogP contribution in [-0.4, -0.2) is 19.9 Å². The van der Waals surface area contributed by atoms with Gasteiger partial charge in [0.25, 0.3) is 0 Å². The predicted molar refractivity (Wildman–Crippen MR) is 145 cm³/mol. The maximum atomic E-state index is 5.08. The molecule has 3 aromatic rings. The maximum Gasteiger partial charge on any atom is 0.0690 e. The number of hydrogen-bond acceptors (Lipinski definition) is 2. The number of nitrogens with zero attached hydrogens (tertiary/aromatic N) is 2. The monoisotopic (exact) mass is 450 g/mol. The average Bonchev–Trinajstić information content (AvgIpc) is 3.45. The molecular weight excluding hydrogens is 416 g/mol. The van der Waals surface area contributed by atoms with Crippen LogP contribution < -0.4 is 0 Å². The molecule has 3 aromatic heterocycles. The van der Waals surface area contributed by atoms with Crippen LogP contribution in [0.5, 0.6) is 0 Å². The highest BCUT2D eigenvalue weighted by molar-refractivity contribution is 5.91. The minimum Gasteiger partial charge on any atom is -0.355 e. The lowest BCUT2D eigenvalue weighted by Gasteiger charge is -2.08. The van der Waals surface area contributed by atoms with E-state index in [-0.39, 0.29) is 0 Å². The first-order valence-electron chi connectivity index (χ1n) is 12.3. The molecule has 34 heavy (non-hydrogen) atoms. The van der Waals surface area contributed by atoms with Crippen molar-refractivity contribution in [1.29, 1.82) is 0 Å². The fraction of sp³-hybridized carbons (Fsp3) is 0.333. The van der Waals surface area contributed by atoms with Crippen molar-refractivity contribution in [3.8, 4) is 0 Å². The minimum absolute atomic E-state index is 0.339. The Labute approximate surface area is 201 Å². The van der Waals surface area contributed by atoms with Crippen LogP contribution in [0.4, 0.5) is 0 Å². The lowest BCUT2D eigenvalue weighted by Crippen LogP contribution is -1.96. The third kappa shape index (κ3) is 3.35. The van der Waals surface area contributed by atoms with E-state index in [1.54, 1.807) is 0 Å². The standard InChI is InChI=1S/C30H34N4/c1-9-21-19(7)27-12-25-16(4)15(3)23(31-25)11-24-17(5)18(6)26(32-24)13-29-22(10-2)20(8)28(34-29)14-30(21)33-27/h9,11-16,33-34H,1,10H2,2-8H3. The molecule has 2 N–H and O–H groups in total. The van der Waals surface area contributed by atoms with E-state index < -0.39 is 0 Å². The van der Waals surface area contributed by atoms with Crippen LogP contribution in [0.3, 0.4) is 0 Å². The van der Waals surface area contributed by atoms with E-state index in [9.17, 15) is 0 Å². The van der Waals surface area contributed by atoms with Crippen molar-refractivity contribution in [3.63, 3.8) is 0 Å². The smallest absolute Gasteiger partial charge is 0.0690 e. The molecule has 174 valence electrons. The molecule has 2 atom stereocenters. The Hall–Kier alpha value is -3.40. The molecule has 5 rings (SSSR count). The maximum absolute atomic E-state index is 5.08. The second kappa shape index (κ2) is 8.12. The molecule has 0 aliphatic carbocycles. The Morgan fingerprint density at radius 2 is 1.35 bits per heavy atom. The predicted octanol–water partition coefficient (Wildman–Crippen LogP) is 7.99. The molecule has 0 aromatic carbocycles. The fourth-order valence-electron chi connectivity index (χ4n) is 5.30. The summed E-state index contributed by atoms with van der Waals surface area (Å²) in [7, 11) is 0. The summed E-state index contributed by atoms with van der Waals surface area (Å²) >= 11 is 0. The minimum atomic E-state index is 0.339. The van der Waals surface area contributed by atoms with Crippen LogP contribution in [0.25, 0.3) is 39.3 Å². The fourth-order valence-corrected chi connectivity index (χ4v) is 5.30. The van der Waals surface area contributed by atoms with Gasteiger partial charge in [-0.25, -0.2) is 4.98 Å². The van der Waals surface area contributed by atoms with Crippen molar-refractivity contribution in [2.24, 2.45) is 0 Å². The van der Waals surface area contributed by atoms with Crippen LogP contribution in [0.2, 0.25) is 0 Å². The van der Waals surface area contributed by atoms with Crippen LogP contribution in [0.1, 0.15) is 91.5 Å². The van der Waals surface area contributed by atoms with Crippen LogP contribution in [-0.2, 0) is 6.42 Å². The van der Waals surface area contributed by atoms with E-state index >= 15 is 0 Å². The van der Waals surface area contributed by atoms with Gasteiger partial charge in [-0.2, -0.15) is 0 Å². The second-order valence-corrected chi connectivity index (χ2v) is 9.85. The van der Waals surface area contributed by atoms with Crippen molar-refractivity contribution in [3.05, 3.63) is 75.9 Å². The molecule has 2 aliphatic heterocycles. The number of H-pyrrole nitrogens is 2. The Morgan fingerprint density at radius 3 is 2.00 bits per heavy atom. The summed E-state index contributed by atoms with van der Waals surface area (Å²) in [6.45, 7) is 19.5. The highest BCUT2D eigenvalue weighted by Crippen LogP contribution is 2.38. The van der Waals surface area contributed by atoms with Gasteiger partial charge in [-0.3, -0.25) is 4.98 Å². The lowest BCUT2D eigenvalue weighted by molar-refractivity contribution is 0.655. The quantitative estimate of drug-likeness (QED) is 0.415. The van der Waals surface area contributed by atoms with Gasteiger partial charge in [0.1, 0.15) is 0 Å². The average molecular weight is 451 g/mol. The zero-order chi connectivity index (χ0) is 24.3. The number of fused-ring (bicyclic) bond motifs is 8. The van der Waals surface area contributed by atoms with Gasteiger partial charge in [0.05, 0.1) is 11.4 Å². The first-order chi connectivity index (χ1) is 16.2. The highest BCUT2D eigenvalue weighted by atomic mass is 14.8. The van der Waals surface area contributed by atoms with Gasteiger partial charge in [-0.05, 0) is 86.2 Å². The molecule has 2 unspecified atom stereocenters. The number of aromatic nitrogens is 4. The third-order valence-corrected chi connectivity index (χ3v) is 8.04. The van der Waals surface area contributed by atoms with Gasteiger partial charge in [-0.15, -0.1) is 0 Å². The Kier molecular flexibility index (Phi) is 5.35. The summed E-state index contributed by atoms with van der Waals surface area (Å²) < 4.78 is 0. The van der Waals surface area contributed by atoms with Crippen LogP contribution in [0.15, 0.2) is 30.8 Å². The van der Waals surface area contributed by atoms with E-state index in [0.29, 0.717) is 11.8 Å². The number of aryl methyl sites for hydroxylation is 3. The van der Waals surface area contributed by atoms with Crippen molar-refractivity contribution >= 4 is 39.3 Å². The van der Waals surface area contributed by atoms with Crippen molar-refractivity contribution < 1.29 is 0 Å². The van der Waals surface area contributed by atoms with Gasteiger partial charge >= 0.3 is 0 Å². The number of hydrogen-bond donors (Lipinski definition) is 2. The Balaban J connectivity index is 1.99. The molecule has 0 fully saturated rings. The summed E-state index contributed by atoms with van der Waals surface area (Å²) in [5, 5.41) is 0. The summed E-state index contributed by atoms with van der Waals surface area (Å²) in [6.07, 6.45) is 2.91. The SMILES string of the molecule is C=Cc1c(C)c2cc3nc(cc4nc(cc5[nH]c(cc1[nH]2)c(C)c5CC)C(C)=C4C)C(C)C3C. The Bertz CT molecular complexity index is 1530. The molecule has 0 saturated carbocycles. The van der Waals surface area contributed by atoms with Crippen molar-refractivity contribution in [2.75, 3.05) is 0 Å². The number of allylic oxidation sites excluding steroid dienone is 2. The van der Waals surface area contributed by atoms with Gasteiger partial charge in [0, 0.05) is 50.9 Å². The number of rotatable bonds is 2. The largest absolute Gasteiger partial charge is 0.355 e. The molecule has 5 heterocycles. The van der Waals surface area contributed by atoms with E-state index in [0.717, 1.165) is 56.8 Å². The highest BCUT2D eigenvalue weighted by Gasteiger charge is 2.25. The molecule has 0 spiro atoms. The van der Waals surface area contributed by atoms with Gasteiger partial charge < -0.3 is 9.97 Å². The summed E-state index contributed by atoms with van der Waals surface area (Å²) in [4.78, 5) is 17.5. The summed E-state index contributed by atoms with van der Waals surface area (Å²) in [5.74, 6) is 0.678. The van der Waals surface area contributed by atoms with E-state index in [4.69, 9.17) is 9.97 Å². The molecule has 4 nitrogen and oxygen atoms in total. The van der Waals surface area contributed by atoms with Gasteiger partial charge in [0.15, 0.2) is 0 Å². The molecule has 0 radical (unpaired) electrons. The van der Waals surface area contributed by atoms with E-state index in [1.165, 1.54) is 27.8 Å². The normalized spacial score (nSPS) is 18.0. The van der Waals surface area contributed by atoms with Crippen molar-refractivity contribution in [2.45, 2.75) is 66.7 Å². The molecular formula is C30H34N4. The van der Waals surface area contributed by atoms with Gasteiger partial charge in [-0.1, -0.05) is 33.4 Å². The third-order valence-electron chi connectivity index (χ3n) is 8.04. The van der Waals surface area contributed by atoms with Crippen LogP contribution >= 0.6 is 0 Å². The second-order valence-electron chi connectivity index (χ2n) is 9.85. The first kappa shape index (κ1) is 22.4. The molecule has 2 aliphatic rings. The number of aromatic amines is 2. The van der Waals surface area contributed by atoms with Gasteiger partial charge in [0.2, 0.25) is 0 Å². The Morgan fingerprint density at radius 1 is 0.765 bits per heavy atom. The summed E-state index contributed by atoms with van der Waals surface area (Å²) in [6, 6.07) is 8.83. The molecule has 8 bridgehead atoms. The topological polar surface area (TPSA) is 57.4 Å². The zero-order valence-electron chi connectivity index (χ0n) is 21.4. The zero-order valence-corrected chi connectivity index (χ0v) is 21.4. The number of nitrogens with one attached hydrogen (secondary N) is 2. The van der Waals surface area contributed by atoms with E-state index in [2.05, 4.69) is 89.3 Å². The molecule has 0 amide bonds.